The Balaban J connectivity index is 1.47. The summed E-state index contributed by atoms with van der Waals surface area (Å²) in [5, 5.41) is 12.4. The lowest BCUT2D eigenvalue weighted by Gasteiger charge is -2.30. The molecule has 1 saturated heterocycles. The first-order valence-electron chi connectivity index (χ1n) is 9.14. The topological polar surface area (TPSA) is 72.6 Å². The number of fused-ring (bicyclic) bond motifs is 1. The molecule has 4 rings (SSSR count). The molecule has 3 heterocycles. The highest BCUT2D eigenvalue weighted by molar-refractivity contribution is 5.72. The summed E-state index contributed by atoms with van der Waals surface area (Å²) in [4.78, 5) is 11.6. The third-order valence-corrected chi connectivity index (χ3v) is 4.87. The zero-order valence-corrected chi connectivity index (χ0v) is 14.9. The number of benzene rings is 1. The molecule has 0 bridgehead atoms. The zero-order chi connectivity index (χ0) is 17.8. The number of hydrogen-bond donors (Lipinski definition) is 3. The predicted molar refractivity (Wildman–Crippen MR) is 101 cm³/mol. The van der Waals surface area contributed by atoms with Gasteiger partial charge in [-0.3, -0.25) is 15.1 Å². The highest BCUT2D eigenvalue weighted by atomic mass is 16.3. The number of piperazine rings is 1. The maximum absolute atomic E-state index is 9.15. The van der Waals surface area contributed by atoms with Gasteiger partial charge in [-0.1, -0.05) is 18.2 Å². The standard InChI is InChI=1S/C19H24N6O/c26-14-9-21-19-22-16-5-1-2-6-17(16)25(19)15-23-10-12-24(13-11-23)18-7-3-4-8-20-18/h1-8,26H,9-15H2,(H,21,22)/p+2. The Kier molecular flexibility index (Phi) is 4.99. The molecule has 0 unspecified atom stereocenters. The second kappa shape index (κ2) is 7.72. The Bertz CT molecular complexity index is 842. The monoisotopic (exact) mass is 354 g/mol. The van der Waals surface area contributed by atoms with Gasteiger partial charge in [-0.05, 0) is 18.2 Å². The molecule has 1 aliphatic heterocycles. The summed E-state index contributed by atoms with van der Waals surface area (Å²) in [5.74, 6) is 2.12. The number of para-hydroxylation sites is 2. The molecule has 4 N–H and O–H groups in total. The maximum atomic E-state index is 9.15. The number of rotatable bonds is 6. The van der Waals surface area contributed by atoms with Crippen molar-refractivity contribution >= 4 is 22.8 Å². The number of aliphatic hydroxyl groups excluding tert-OH is 1. The van der Waals surface area contributed by atoms with Crippen molar-refractivity contribution in [3.8, 4) is 0 Å². The fraction of sp³-hybridized carbons (Fsp3) is 0.368. The molecular formula is C19H26N6O+2. The van der Waals surface area contributed by atoms with Gasteiger partial charge in [-0.15, -0.1) is 0 Å². The molecule has 0 amide bonds. The van der Waals surface area contributed by atoms with Crippen molar-refractivity contribution in [3.05, 3.63) is 48.7 Å². The van der Waals surface area contributed by atoms with Crippen LogP contribution >= 0.6 is 0 Å². The van der Waals surface area contributed by atoms with Gasteiger partial charge in [-0.25, -0.2) is 14.5 Å². The van der Waals surface area contributed by atoms with Crippen molar-refractivity contribution in [1.29, 1.82) is 0 Å². The van der Waals surface area contributed by atoms with E-state index in [0.717, 1.165) is 44.3 Å². The predicted octanol–water partition coefficient (Wildman–Crippen LogP) is 0.453. The number of hydrogen-bond acceptors (Lipinski definition) is 4. The van der Waals surface area contributed by atoms with Crippen molar-refractivity contribution in [2.45, 2.75) is 6.67 Å². The van der Waals surface area contributed by atoms with Crippen LogP contribution in [0.15, 0.2) is 48.7 Å². The van der Waals surface area contributed by atoms with Gasteiger partial charge in [0.05, 0.1) is 32.4 Å². The molecule has 0 radical (unpaired) electrons. The third-order valence-electron chi connectivity index (χ3n) is 4.87. The molecule has 26 heavy (non-hydrogen) atoms. The lowest BCUT2D eigenvalue weighted by Crippen LogP contribution is -2.53. The molecule has 0 aliphatic carbocycles. The average molecular weight is 354 g/mol. The number of nitrogens with zero attached hydrogens (tertiary/aromatic N) is 3. The summed E-state index contributed by atoms with van der Waals surface area (Å²) < 4.78 is 2.26. The third kappa shape index (κ3) is 3.49. The molecule has 7 nitrogen and oxygen atoms in total. The van der Waals surface area contributed by atoms with E-state index in [2.05, 4.69) is 60.0 Å². The van der Waals surface area contributed by atoms with E-state index in [-0.39, 0.29) is 6.61 Å². The lowest BCUT2D eigenvalue weighted by molar-refractivity contribution is -0.677. The minimum absolute atomic E-state index is 0.113. The van der Waals surface area contributed by atoms with Gasteiger partial charge in [0.1, 0.15) is 17.7 Å². The van der Waals surface area contributed by atoms with Gasteiger partial charge >= 0.3 is 5.95 Å². The molecule has 0 atom stereocenters. The van der Waals surface area contributed by atoms with Crippen LogP contribution in [0.1, 0.15) is 0 Å². The molecule has 1 aliphatic rings. The summed E-state index contributed by atoms with van der Waals surface area (Å²) in [5.41, 5.74) is 2.28. The number of anilines is 2. The molecule has 0 spiro atoms. The Morgan fingerprint density at radius 1 is 1.08 bits per heavy atom. The van der Waals surface area contributed by atoms with Crippen LogP contribution in [0.3, 0.4) is 0 Å². The second-order valence-corrected chi connectivity index (χ2v) is 6.56. The van der Waals surface area contributed by atoms with E-state index < -0.39 is 0 Å². The number of aromatic nitrogens is 3. The first-order chi connectivity index (χ1) is 12.8. The highest BCUT2D eigenvalue weighted by Gasteiger charge is 2.26. The largest absolute Gasteiger partial charge is 0.393 e. The van der Waals surface area contributed by atoms with E-state index in [0.29, 0.717) is 6.54 Å². The van der Waals surface area contributed by atoms with Crippen LogP contribution in [0.25, 0.3) is 11.0 Å². The van der Waals surface area contributed by atoms with E-state index in [1.54, 1.807) is 0 Å². The Hall–Kier alpha value is -2.64. The first-order valence-corrected chi connectivity index (χ1v) is 9.14. The lowest BCUT2D eigenvalue weighted by atomic mass is 10.3. The smallest absolute Gasteiger partial charge is 0.357 e. The Labute approximate surface area is 152 Å². The number of nitrogens with one attached hydrogen (secondary N) is 3. The van der Waals surface area contributed by atoms with Gasteiger partial charge in [0.15, 0.2) is 0 Å². The van der Waals surface area contributed by atoms with E-state index in [1.807, 2.05) is 18.3 Å². The number of H-pyrrole nitrogens is 2. The van der Waals surface area contributed by atoms with Gasteiger partial charge in [0.2, 0.25) is 0 Å². The van der Waals surface area contributed by atoms with Crippen molar-refractivity contribution < 1.29 is 14.7 Å². The number of pyridine rings is 1. The number of aromatic amines is 2. The fourth-order valence-electron chi connectivity index (χ4n) is 3.50. The summed E-state index contributed by atoms with van der Waals surface area (Å²) in [6.07, 6.45) is 1.97. The van der Waals surface area contributed by atoms with E-state index >= 15 is 0 Å². The van der Waals surface area contributed by atoms with Crippen molar-refractivity contribution in [3.63, 3.8) is 0 Å². The number of imidazole rings is 1. The van der Waals surface area contributed by atoms with Crippen LogP contribution in [0.5, 0.6) is 0 Å². The minimum Gasteiger partial charge on any atom is -0.393 e. The van der Waals surface area contributed by atoms with Gasteiger partial charge < -0.3 is 5.11 Å². The van der Waals surface area contributed by atoms with Crippen LogP contribution < -0.4 is 19.8 Å². The van der Waals surface area contributed by atoms with Crippen LogP contribution in [0, 0.1) is 0 Å². The van der Waals surface area contributed by atoms with Crippen molar-refractivity contribution in [1.82, 2.24) is 9.88 Å². The quantitative estimate of drug-likeness (QED) is 0.562. The average Bonchev–Trinajstić information content (AvgIpc) is 3.05. The molecular weight excluding hydrogens is 328 g/mol. The van der Waals surface area contributed by atoms with Gasteiger partial charge in [-0.2, -0.15) is 0 Å². The minimum atomic E-state index is 0.113. The van der Waals surface area contributed by atoms with Gasteiger partial charge in [0, 0.05) is 19.2 Å². The highest BCUT2D eigenvalue weighted by Crippen LogP contribution is 2.14. The van der Waals surface area contributed by atoms with E-state index in [4.69, 9.17) is 5.11 Å². The summed E-state index contributed by atoms with van der Waals surface area (Å²) in [7, 11) is 0. The van der Waals surface area contributed by atoms with Crippen molar-refractivity contribution in [2.75, 3.05) is 49.5 Å². The molecule has 0 saturated carbocycles. The van der Waals surface area contributed by atoms with Crippen molar-refractivity contribution in [2.24, 2.45) is 0 Å². The normalized spacial score (nSPS) is 15.5. The van der Waals surface area contributed by atoms with E-state index in [1.165, 1.54) is 11.3 Å². The summed E-state index contributed by atoms with van der Waals surface area (Å²) in [6, 6.07) is 14.5. The molecule has 2 aromatic heterocycles. The van der Waals surface area contributed by atoms with Crippen LogP contribution in [-0.2, 0) is 6.67 Å². The number of aliphatic hydroxyl groups is 1. The second-order valence-electron chi connectivity index (χ2n) is 6.56. The Morgan fingerprint density at radius 2 is 1.88 bits per heavy atom. The molecule has 1 fully saturated rings. The van der Waals surface area contributed by atoms with Crippen LogP contribution in [-0.4, -0.2) is 54.3 Å². The maximum Gasteiger partial charge on any atom is 0.357 e. The van der Waals surface area contributed by atoms with Gasteiger partial charge in [0.25, 0.3) is 5.82 Å². The molecule has 7 heteroatoms. The zero-order valence-electron chi connectivity index (χ0n) is 14.9. The summed E-state index contributed by atoms with van der Waals surface area (Å²) >= 11 is 0. The van der Waals surface area contributed by atoms with Crippen LogP contribution in [0.2, 0.25) is 0 Å². The first kappa shape index (κ1) is 16.8. The Morgan fingerprint density at radius 3 is 2.65 bits per heavy atom. The fourth-order valence-corrected chi connectivity index (χ4v) is 3.50. The SMILES string of the molecule is OCCNc1[nH]c2ccccc2[n+]1CN1CCN(c2cccc[nH+]2)CC1. The van der Waals surface area contributed by atoms with Crippen LogP contribution in [0.4, 0.5) is 11.8 Å². The summed E-state index contributed by atoms with van der Waals surface area (Å²) in [6.45, 7) is 5.49. The molecule has 1 aromatic carbocycles. The molecule has 136 valence electrons. The molecule has 3 aromatic rings. The van der Waals surface area contributed by atoms with E-state index in [9.17, 15) is 0 Å².